The molecule has 0 aliphatic carbocycles. The molecule has 216 valence electrons. The molecule has 1 aliphatic heterocycles. The molecule has 1 saturated heterocycles. The number of ether oxygens (including phenoxy) is 1. The van der Waals surface area contributed by atoms with Gasteiger partial charge in [-0.25, -0.2) is 4.79 Å². The van der Waals surface area contributed by atoms with Crippen LogP contribution in [-0.2, 0) is 30.3 Å². The van der Waals surface area contributed by atoms with Crippen LogP contribution >= 0.6 is 0 Å². The number of aliphatic carboxylic acids is 1. The fourth-order valence-electron chi connectivity index (χ4n) is 4.32. The second kappa shape index (κ2) is 13.2. The summed E-state index contributed by atoms with van der Waals surface area (Å²) in [4.78, 5) is 76.9. The van der Waals surface area contributed by atoms with Crippen LogP contribution < -0.4 is 11.1 Å². The van der Waals surface area contributed by atoms with Crippen molar-refractivity contribution < 1.29 is 43.7 Å². The fourth-order valence-corrected chi connectivity index (χ4v) is 4.32. The molecule has 1 fully saturated rings. The number of rotatable bonds is 11. The number of esters is 1. The Labute approximate surface area is 234 Å². The van der Waals surface area contributed by atoms with Gasteiger partial charge in [-0.05, 0) is 29.8 Å². The zero-order chi connectivity index (χ0) is 30.3. The van der Waals surface area contributed by atoms with Crippen LogP contribution in [0.5, 0.6) is 0 Å². The summed E-state index contributed by atoms with van der Waals surface area (Å²) in [5, 5.41) is 28.5. The Morgan fingerprint density at radius 1 is 1.00 bits per heavy atom. The summed E-state index contributed by atoms with van der Waals surface area (Å²) in [5.74, 6) is -5.52. The minimum absolute atomic E-state index is 0.0181. The van der Waals surface area contributed by atoms with E-state index in [1.165, 1.54) is 48.5 Å². The summed E-state index contributed by atoms with van der Waals surface area (Å²) in [6.07, 6.45) is -0.623. The molecule has 0 bridgehead atoms. The number of amides is 3. The van der Waals surface area contributed by atoms with Crippen LogP contribution in [0.2, 0.25) is 0 Å². The van der Waals surface area contributed by atoms with E-state index < -0.39 is 60.7 Å². The molecule has 2 aromatic carbocycles. The highest BCUT2D eigenvalue weighted by atomic mass is 16.5. The van der Waals surface area contributed by atoms with E-state index in [0.717, 1.165) is 16.9 Å². The molecule has 2 atom stereocenters. The molecule has 14 nitrogen and oxygen atoms in total. The van der Waals surface area contributed by atoms with Gasteiger partial charge in [-0.15, -0.1) is 0 Å². The molecule has 14 heteroatoms. The molecule has 1 heterocycles. The Bertz CT molecular complexity index is 1360. The molecule has 6 N–H and O–H groups in total. The Hall–Kier alpha value is -5.27. The summed E-state index contributed by atoms with van der Waals surface area (Å²) in [6, 6.07) is 8.80. The maximum absolute atomic E-state index is 13.9. The average molecular weight is 568 g/mol. The van der Waals surface area contributed by atoms with Gasteiger partial charge in [0.1, 0.15) is 24.5 Å². The zero-order valence-corrected chi connectivity index (χ0v) is 22.0. The van der Waals surface area contributed by atoms with Gasteiger partial charge in [0.2, 0.25) is 11.8 Å². The molecule has 1 aliphatic rings. The lowest BCUT2D eigenvalue weighted by atomic mass is 10.00. The van der Waals surface area contributed by atoms with E-state index in [4.69, 9.17) is 16.2 Å². The number of amidine groups is 1. The van der Waals surface area contributed by atoms with Crippen LogP contribution in [-0.4, -0.2) is 100 Å². The Balaban J connectivity index is 1.93. The number of nitrogens with two attached hydrogens (primary N) is 1. The summed E-state index contributed by atoms with van der Waals surface area (Å²) < 4.78 is 4.68. The number of nitrogen functional groups attached to an aromatic ring is 1. The second-order valence-corrected chi connectivity index (χ2v) is 9.20. The van der Waals surface area contributed by atoms with E-state index in [0.29, 0.717) is 11.1 Å². The predicted octanol–water partition coefficient (Wildman–Crippen LogP) is -0.303. The summed E-state index contributed by atoms with van der Waals surface area (Å²) in [6.45, 7) is -0.850. The summed E-state index contributed by atoms with van der Waals surface area (Å²) >= 11 is 0. The fraction of sp³-hybridized carbons (Fsp3) is 0.296. The summed E-state index contributed by atoms with van der Waals surface area (Å²) in [5.41, 5.74) is 6.52. The van der Waals surface area contributed by atoms with Gasteiger partial charge in [0.25, 0.3) is 5.91 Å². The van der Waals surface area contributed by atoms with Crippen LogP contribution in [0.15, 0.2) is 48.5 Å². The molecule has 41 heavy (non-hydrogen) atoms. The number of benzene rings is 2. The molecular weight excluding hydrogens is 538 g/mol. The number of aromatic carboxylic acids is 1. The number of hydrogen-bond donors (Lipinski definition) is 5. The lowest BCUT2D eigenvalue weighted by Crippen LogP contribution is -2.63. The highest BCUT2D eigenvalue weighted by molar-refractivity contribution is 6.01. The van der Waals surface area contributed by atoms with Crippen molar-refractivity contribution in [1.29, 1.82) is 5.41 Å². The van der Waals surface area contributed by atoms with Gasteiger partial charge in [0.15, 0.2) is 0 Å². The lowest BCUT2D eigenvalue weighted by Gasteiger charge is -2.41. The number of hydrogen-bond acceptors (Lipinski definition) is 8. The van der Waals surface area contributed by atoms with Crippen LogP contribution in [0.25, 0.3) is 0 Å². The molecule has 0 saturated carbocycles. The van der Waals surface area contributed by atoms with Gasteiger partial charge in [0.05, 0.1) is 19.1 Å². The van der Waals surface area contributed by atoms with E-state index in [1.54, 1.807) is 0 Å². The number of carbonyl (C=O) groups excluding carboxylic acids is 4. The van der Waals surface area contributed by atoms with Gasteiger partial charge < -0.3 is 35.8 Å². The third kappa shape index (κ3) is 7.65. The number of carboxylic acid groups (broad SMARTS) is 2. The number of nitrogens with one attached hydrogen (secondary N) is 2. The second-order valence-electron chi connectivity index (χ2n) is 9.20. The van der Waals surface area contributed by atoms with Crippen molar-refractivity contribution in [3.63, 3.8) is 0 Å². The SMILES string of the molecule is COC(=O)C[C@H]1C(=O)N(CC(=O)O)CCN1C(=O)[C@H](Cc1ccc(C(=O)O)cc1)NC(=O)c1ccc(C(=N)N)cc1. The van der Waals surface area contributed by atoms with E-state index in [1.807, 2.05) is 0 Å². The third-order valence-corrected chi connectivity index (χ3v) is 6.48. The van der Waals surface area contributed by atoms with E-state index in [-0.39, 0.29) is 36.5 Å². The number of carboxylic acids is 2. The monoisotopic (exact) mass is 567 g/mol. The number of piperazine rings is 1. The predicted molar refractivity (Wildman–Crippen MR) is 142 cm³/mol. The standard InChI is InChI=1S/C27H29N5O9/c1-41-22(35)13-20-26(38)31(14-21(33)34)10-11-32(20)25(37)19(12-15-2-4-18(5-3-15)27(39)40)30-24(36)17-8-6-16(7-9-17)23(28)29/h2-9,19-20H,10-14H2,1H3,(H3,28,29)(H,30,36)(H,33,34)(H,39,40)/t19-,20-/m0/s1. The molecule has 3 rings (SSSR count). The molecule has 0 unspecified atom stereocenters. The van der Waals surface area contributed by atoms with E-state index >= 15 is 0 Å². The largest absolute Gasteiger partial charge is 0.480 e. The van der Waals surface area contributed by atoms with Crippen molar-refractivity contribution in [1.82, 2.24) is 15.1 Å². The van der Waals surface area contributed by atoms with Crippen molar-refractivity contribution in [2.24, 2.45) is 5.73 Å². The summed E-state index contributed by atoms with van der Waals surface area (Å²) in [7, 11) is 1.11. The number of methoxy groups -OCH3 is 1. The van der Waals surface area contributed by atoms with Crippen LogP contribution in [0.1, 0.15) is 38.3 Å². The quantitative estimate of drug-likeness (QED) is 0.135. The van der Waals surface area contributed by atoms with Crippen molar-refractivity contribution in [3.8, 4) is 0 Å². The minimum atomic E-state index is -1.37. The van der Waals surface area contributed by atoms with Crippen molar-refractivity contribution in [3.05, 3.63) is 70.8 Å². The minimum Gasteiger partial charge on any atom is -0.480 e. The van der Waals surface area contributed by atoms with Crippen molar-refractivity contribution in [2.45, 2.75) is 24.9 Å². The molecule has 3 amide bonds. The van der Waals surface area contributed by atoms with Gasteiger partial charge >= 0.3 is 17.9 Å². The first-order chi connectivity index (χ1) is 19.4. The molecule has 0 radical (unpaired) electrons. The average Bonchev–Trinajstić information content (AvgIpc) is 2.94. The van der Waals surface area contributed by atoms with Gasteiger partial charge in [-0.2, -0.15) is 0 Å². The Morgan fingerprint density at radius 2 is 1.59 bits per heavy atom. The first-order valence-electron chi connectivity index (χ1n) is 12.4. The molecule has 2 aromatic rings. The van der Waals surface area contributed by atoms with E-state index in [9.17, 15) is 33.9 Å². The first kappa shape index (κ1) is 30.3. The van der Waals surface area contributed by atoms with Gasteiger partial charge in [-0.3, -0.25) is 29.4 Å². The van der Waals surface area contributed by atoms with Gasteiger partial charge in [0, 0.05) is 30.6 Å². The highest BCUT2D eigenvalue weighted by Gasteiger charge is 2.42. The lowest BCUT2D eigenvalue weighted by molar-refractivity contribution is -0.159. The van der Waals surface area contributed by atoms with Crippen LogP contribution in [0.4, 0.5) is 0 Å². The topological polar surface area (TPSA) is 220 Å². The van der Waals surface area contributed by atoms with Gasteiger partial charge in [-0.1, -0.05) is 24.3 Å². The highest BCUT2D eigenvalue weighted by Crippen LogP contribution is 2.19. The van der Waals surface area contributed by atoms with Crippen molar-refractivity contribution >= 4 is 41.5 Å². The first-order valence-corrected chi connectivity index (χ1v) is 12.4. The maximum Gasteiger partial charge on any atom is 0.335 e. The smallest absolute Gasteiger partial charge is 0.335 e. The third-order valence-electron chi connectivity index (χ3n) is 6.48. The van der Waals surface area contributed by atoms with Crippen LogP contribution in [0.3, 0.4) is 0 Å². The van der Waals surface area contributed by atoms with Crippen LogP contribution in [0, 0.1) is 5.41 Å². The number of carbonyl (C=O) groups is 6. The zero-order valence-electron chi connectivity index (χ0n) is 22.0. The normalized spacial score (nSPS) is 15.5. The van der Waals surface area contributed by atoms with E-state index in [2.05, 4.69) is 10.1 Å². The Kier molecular flexibility index (Phi) is 9.74. The Morgan fingerprint density at radius 3 is 2.12 bits per heavy atom. The molecule has 0 aromatic heterocycles. The van der Waals surface area contributed by atoms with Crippen molar-refractivity contribution in [2.75, 3.05) is 26.7 Å². The molecular formula is C27H29N5O9. The molecule has 0 spiro atoms. The maximum atomic E-state index is 13.9. The number of nitrogens with zero attached hydrogens (tertiary/aromatic N) is 2.